The summed E-state index contributed by atoms with van der Waals surface area (Å²) in [5.41, 5.74) is 4.06. The van der Waals surface area contributed by atoms with Crippen molar-refractivity contribution in [3.63, 3.8) is 0 Å². The fourth-order valence-corrected chi connectivity index (χ4v) is 5.76. The maximum atomic E-state index is 13.3. The summed E-state index contributed by atoms with van der Waals surface area (Å²) in [5.74, 6) is 0. The molecule has 2 aromatic carbocycles. The Hall–Kier alpha value is -2.11. The molecule has 0 aliphatic carbocycles. The highest BCUT2D eigenvalue weighted by Gasteiger charge is 2.32. The second-order valence-corrected chi connectivity index (χ2v) is 10.4. The van der Waals surface area contributed by atoms with E-state index in [1.165, 1.54) is 4.31 Å². The van der Waals surface area contributed by atoms with Crippen molar-refractivity contribution in [2.45, 2.75) is 37.6 Å². The molecule has 4 rings (SSSR count). The van der Waals surface area contributed by atoms with Crippen LogP contribution in [0.5, 0.6) is 0 Å². The zero-order valence-electron chi connectivity index (χ0n) is 15.1. The normalized spacial score (nSPS) is 14.0. The van der Waals surface area contributed by atoms with Crippen LogP contribution in [0.3, 0.4) is 0 Å². The van der Waals surface area contributed by atoms with E-state index in [1.54, 1.807) is 23.5 Å². The number of anilines is 1. The van der Waals surface area contributed by atoms with Crippen LogP contribution in [0.15, 0.2) is 64.9 Å². The van der Waals surface area contributed by atoms with Crippen LogP contribution in [0.1, 0.15) is 31.9 Å². The first-order valence-corrected chi connectivity index (χ1v) is 10.9. The van der Waals surface area contributed by atoms with Gasteiger partial charge >= 0.3 is 0 Å². The first kappa shape index (κ1) is 17.3. The molecular formula is C21H21NO2S2. The van der Waals surface area contributed by atoms with Gasteiger partial charge in [-0.25, -0.2) is 8.42 Å². The molecule has 0 N–H and O–H groups in total. The summed E-state index contributed by atoms with van der Waals surface area (Å²) in [5, 5.41) is 1.96. The SMILES string of the molecule is CC(C)(C)c1ccc(S(=O)(=O)N2Cc3ccccc3-c3sccc32)cc1. The molecule has 0 saturated carbocycles. The number of fused-ring (bicyclic) bond motifs is 3. The van der Waals surface area contributed by atoms with Gasteiger partial charge in [0.1, 0.15) is 0 Å². The van der Waals surface area contributed by atoms with Crippen molar-refractivity contribution in [3.8, 4) is 10.4 Å². The number of hydrogen-bond donors (Lipinski definition) is 0. The molecular weight excluding hydrogens is 362 g/mol. The molecule has 134 valence electrons. The average Bonchev–Trinajstić information content (AvgIpc) is 3.10. The van der Waals surface area contributed by atoms with Crippen LogP contribution in [0.25, 0.3) is 10.4 Å². The van der Waals surface area contributed by atoms with Crippen LogP contribution in [0.2, 0.25) is 0 Å². The van der Waals surface area contributed by atoms with Gasteiger partial charge in [0, 0.05) is 0 Å². The monoisotopic (exact) mass is 383 g/mol. The molecule has 2 heterocycles. The molecule has 0 fully saturated rings. The summed E-state index contributed by atoms with van der Waals surface area (Å²) in [6, 6.07) is 17.2. The summed E-state index contributed by atoms with van der Waals surface area (Å²) >= 11 is 1.58. The third-order valence-electron chi connectivity index (χ3n) is 4.80. The molecule has 0 saturated heterocycles. The van der Waals surface area contributed by atoms with E-state index in [9.17, 15) is 8.42 Å². The molecule has 0 radical (unpaired) electrons. The van der Waals surface area contributed by atoms with Gasteiger partial charge < -0.3 is 0 Å². The summed E-state index contributed by atoms with van der Waals surface area (Å²) in [6.07, 6.45) is 0. The predicted octanol–water partition coefficient (Wildman–Crippen LogP) is 5.42. The highest BCUT2D eigenvalue weighted by Crippen LogP contribution is 2.44. The largest absolute Gasteiger partial charge is 0.264 e. The predicted molar refractivity (Wildman–Crippen MR) is 108 cm³/mol. The number of nitrogens with zero attached hydrogens (tertiary/aromatic N) is 1. The van der Waals surface area contributed by atoms with Gasteiger partial charge in [-0.2, -0.15) is 0 Å². The van der Waals surface area contributed by atoms with Crippen LogP contribution < -0.4 is 4.31 Å². The minimum Gasteiger partial charge on any atom is -0.260 e. The quantitative estimate of drug-likeness (QED) is 0.592. The van der Waals surface area contributed by atoms with Gasteiger partial charge in [0.2, 0.25) is 0 Å². The fraction of sp³-hybridized carbons (Fsp3) is 0.238. The molecule has 1 aliphatic rings. The molecule has 0 spiro atoms. The minimum absolute atomic E-state index is 0.00706. The summed E-state index contributed by atoms with van der Waals surface area (Å²) < 4.78 is 28.2. The highest BCUT2D eigenvalue weighted by atomic mass is 32.2. The number of rotatable bonds is 2. The van der Waals surface area contributed by atoms with Crippen molar-refractivity contribution >= 4 is 27.0 Å². The van der Waals surface area contributed by atoms with Crippen molar-refractivity contribution in [2.75, 3.05) is 4.31 Å². The Morgan fingerprint density at radius 3 is 2.35 bits per heavy atom. The van der Waals surface area contributed by atoms with Gasteiger partial charge in [0.15, 0.2) is 0 Å². The molecule has 0 atom stereocenters. The van der Waals surface area contributed by atoms with Crippen molar-refractivity contribution in [2.24, 2.45) is 0 Å². The second kappa shape index (κ2) is 5.96. The Morgan fingerprint density at radius 1 is 0.962 bits per heavy atom. The molecule has 0 bridgehead atoms. The van der Waals surface area contributed by atoms with E-state index in [0.29, 0.717) is 11.4 Å². The molecule has 1 aliphatic heterocycles. The maximum absolute atomic E-state index is 13.3. The lowest BCUT2D eigenvalue weighted by atomic mass is 9.87. The Bertz CT molecular complexity index is 1060. The zero-order valence-corrected chi connectivity index (χ0v) is 16.7. The number of benzene rings is 2. The van der Waals surface area contributed by atoms with Crippen molar-refractivity contribution in [1.29, 1.82) is 0 Å². The third-order valence-corrected chi connectivity index (χ3v) is 7.51. The van der Waals surface area contributed by atoms with E-state index in [-0.39, 0.29) is 5.41 Å². The Labute approximate surface area is 159 Å². The Balaban J connectivity index is 1.78. The number of hydrogen-bond acceptors (Lipinski definition) is 3. The van der Waals surface area contributed by atoms with Gasteiger partial charge in [-0.1, -0.05) is 57.2 Å². The topological polar surface area (TPSA) is 37.4 Å². The van der Waals surface area contributed by atoms with Crippen molar-refractivity contribution in [3.05, 3.63) is 71.1 Å². The van der Waals surface area contributed by atoms with E-state index in [4.69, 9.17) is 0 Å². The number of thiophene rings is 1. The van der Waals surface area contributed by atoms with Gasteiger partial charge in [0.25, 0.3) is 10.0 Å². The highest BCUT2D eigenvalue weighted by molar-refractivity contribution is 7.92. The van der Waals surface area contributed by atoms with E-state index in [0.717, 1.165) is 27.3 Å². The summed E-state index contributed by atoms with van der Waals surface area (Å²) in [4.78, 5) is 1.35. The van der Waals surface area contributed by atoms with Crippen LogP contribution in [-0.4, -0.2) is 8.42 Å². The summed E-state index contributed by atoms with van der Waals surface area (Å²) in [7, 11) is -3.61. The molecule has 1 aromatic heterocycles. The van der Waals surface area contributed by atoms with Gasteiger partial charge in [-0.3, -0.25) is 4.31 Å². The molecule has 0 amide bonds. The number of sulfonamides is 1. The van der Waals surface area contributed by atoms with Gasteiger partial charge in [-0.05, 0) is 45.7 Å². The minimum atomic E-state index is -3.61. The molecule has 5 heteroatoms. The zero-order chi connectivity index (χ0) is 18.5. The third kappa shape index (κ3) is 2.75. The lowest BCUT2D eigenvalue weighted by Crippen LogP contribution is -2.32. The first-order chi connectivity index (χ1) is 12.3. The van der Waals surface area contributed by atoms with Crippen LogP contribution in [-0.2, 0) is 22.0 Å². The molecule has 26 heavy (non-hydrogen) atoms. The van der Waals surface area contributed by atoms with Crippen LogP contribution in [0.4, 0.5) is 5.69 Å². The molecule has 3 aromatic rings. The lowest BCUT2D eigenvalue weighted by Gasteiger charge is -2.30. The Kier molecular flexibility index (Phi) is 3.97. The van der Waals surface area contributed by atoms with E-state index < -0.39 is 10.0 Å². The second-order valence-electron chi connectivity index (χ2n) is 7.58. The lowest BCUT2D eigenvalue weighted by molar-refractivity contribution is 0.584. The van der Waals surface area contributed by atoms with Gasteiger partial charge in [0.05, 0.1) is 22.0 Å². The van der Waals surface area contributed by atoms with Crippen molar-refractivity contribution < 1.29 is 8.42 Å². The average molecular weight is 384 g/mol. The maximum Gasteiger partial charge on any atom is 0.264 e. The van der Waals surface area contributed by atoms with E-state index >= 15 is 0 Å². The van der Waals surface area contributed by atoms with Crippen LogP contribution in [0, 0.1) is 0 Å². The standard InChI is InChI=1S/C21H21NO2S2/c1-21(2,3)16-8-10-17(11-9-16)26(23,24)22-14-15-6-4-5-7-18(15)20-19(22)12-13-25-20/h4-13H,14H2,1-3H3. The first-order valence-electron chi connectivity index (χ1n) is 8.57. The summed E-state index contributed by atoms with van der Waals surface area (Å²) in [6.45, 7) is 6.73. The molecule has 0 unspecified atom stereocenters. The van der Waals surface area contributed by atoms with Gasteiger partial charge in [-0.15, -0.1) is 11.3 Å². The van der Waals surface area contributed by atoms with E-state index in [2.05, 4.69) is 26.8 Å². The Morgan fingerprint density at radius 2 is 1.65 bits per heavy atom. The fourth-order valence-electron chi connectivity index (χ4n) is 3.29. The van der Waals surface area contributed by atoms with E-state index in [1.807, 2.05) is 41.8 Å². The smallest absolute Gasteiger partial charge is 0.260 e. The molecule has 3 nitrogen and oxygen atoms in total. The van der Waals surface area contributed by atoms with Crippen LogP contribution >= 0.6 is 11.3 Å². The van der Waals surface area contributed by atoms with Crippen molar-refractivity contribution in [1.82, 2.24) is 0 Å².